The SMILES string of the molecule is CCCC(=O)N(CC)S(=O)(=O)CC. The quantitative estimate of drug-likeness (QED) is 0.675. The maximum absolute atomic E-state index is 11.4. The predicted molar refractivity (Wildman–Crippen MR) is 51.8 cm³/mol. The molecule has 0 N–H and O–H groups in total. The van der Waals surface area contributed by atoms with Crippen LogP contribution in [0.4, 0.5) is 0 Å². The summed E-state index contributed by atoms with van der Waals surface area (Å²) in [6.45, 7) is 5.29. The maximum Gasteiger partial charge on any atom is 0.237 e. The number of nitrogens with zero attached hydrogens (tertiary/aromatic N) is 1. The molecule has 0 unspecified atom stereocenters. The van der Waals surface area contributed by atoms with Gasteiger partial charge in [0.15, 0.2) is 0 Å². The van der Waals surface area contributed by atoms with Crippen LogP contribution in [0.1, 0.15) is 33.6 Å². The van der Waals surface area contributed by atoms with E-state index in [1.54, 1.807) is 6.92 Å². The fourth-order valence-corrected chi connectivity index (χ4v) is 2.13. The number of carbonyl (C=O) groups excluding carboxylic acids is 1. The summed E-state index contributed by atoms with van der Waals surface area (Å²) in [6, 6.07) is 0. The van der Waals surface area contributed by atoms with Crippen LogP contribution in [-0.2, 0) is 14.8 Å². The van der Waals surface area contributed by atoms with Gasteiger partial charge < -0.3 is 0 Å². The molecule has 0 aromatic heterocycles. The summed E-state index contributed by atoms with van der Waals surface area (Å²) < 4.78 is 23.7. The first-order chi connectivity index (χ1) is 5.99. The van der Waals surface area contributed by atoms with Gasteiger partial charge in [-0.25, -0.2) is 12.7 Å². The van der Waals surface area contributed by atoms with Crippen LogP contribution in [0.15, 0.2) is 0 Å². The van der Waals surface area contributed by atoms with Crippen LogP contribution in [0.25, 0.3) is 0 Å². The van der Waals surface area contributed by atoms with E-state index in [1.807, 2.05) is 6.92 Å². The van der Waals surface area contributed by atoms with E-state index in [-0.39, 0.29) is 18.2 Å². The Kier molecular flexibility index (Phi) is 4.98. The predicted octanol–water partition coefficient (Wildman–Crippen LogP) is 0.985. The fourth-order valence-electron chi connectivity index (χ4n) is 1.02. The molecule has 0 radical (unpaired) electrons. The van der Waals surface area contributed by atoms with Crippen molar-refractivity contribution < 1.29 is 13.2 Å². The summed E-state index contributed by atoms with van der Waals surface area (Å²) in [6.07, 6.45) is 0.974. The lowest BCUT2D eigenvalue weighted by Crippen LogP contribution is -2.37. The van der Waals surface area contributed by atoms with Crippen LogP contribution in [0.5, 0.6) is 0 Å². The molecule has 0 rings (SSSR count). The third kappa shape index (κ3) is 3.34. The van der Waals surface area contributed by atoms with Crippen molar-refractivity contribution >= 4 is 15.9 Å². The molecular formula is C8H17NO3S. The van der Waals surface area contributed by atoms with Crippen molar-refractivity contribution in [3.63, 3.8) is 0 Å². The standard InChI is InChI=1S/C8H17NO3S/c1-4-7-8(10)9(5-2)13(11,12)6-3/h4-7H2,1-3H3. The van der Waals surface area contributed by atoms with Crippen molar-refractivity contribution in [1.82, 2.24) is 4.31 Å². The van der Waals surface area contributed by atoms with Crippen LogP contribution in [-0.4, -0.2) is 30.9 Å². The van der Waals surface area contributed by atoms with Gasteiger partial charge >= 0.3 is 0 Å². The maximum atomic E-state index is 11.4. The first-order valence-electron chi connectivity index (χ1n) is 4.52. The normalized spacial score (nSPS) is 11.3. The average molecular weight is 207 g/mol. The largest absolute Gasteiger partial charge is 0.274 e. The topological polar surface area (TPSA) is 54.5 Å². The van der Waals surface area contributed by atoms with Crippen LogP contribution < -0.4 is 0 Å². The third-order valence-electron chi connectivity index (χ3n) is 1.73. The highest BCUT2D eigenvalue weighted by atomic mass is 32.2. The van der Waals surface area contributed by atoms with Gasteiger partial charge in [-0.2, -0.15) is 0 Å². The van der Waals surface area contributed by atoms with Crippen LogP contribution >= 0.6 is 0 Å². The minimum Gasteiger partial charge on any atom is -0.274 e. The van der Waals surface area contributed by atoms with E-state index in [0.717, 1.165) is 4.31 Å². The highest BCUT2D eigenvalue weighted by Crippen LogP contribution is 2.05. The van der Waals surface area contributed by atoms with Gasteiger partial charge in [0.25, 0.3) is 0 Å². The van der Waals surface area contributed by atoms with Crippen molar-refractivity contribution in [2.45, 2.75) is 33.6 Å². The summed E-state index contributed by atoms with van der Waals surface area (Å²) in [5.41, 5.74) is 0. The second-order valence-corrected chi connectivity index (χ2v) is 4.89. The summed E-state index contributed by atoms with van der Waals surface area (Å²) in [7, 11) is -3.35. The van der Waals surface area contributed by atoms with E-state index in [9.17, 15) is 13.2 Å². The molecule has 0 fully saturated rings. The molecule has 0 saturated carbocycles. The van der Waals surface area contributed by atoms with Crippen molar-refractivity contribution in [3.05, 3.63) is 0 Å². The van der Waals surface area contributed by atoms with Crippen molar-refractivity contribution in [1.29, 1.82) is 0 Å². The lowest BCUT2D eigenvalue weighted by Gasteiger charge is -2.19. The summed E-state index contributed by atoms with van der Waals surface area (Å²) >= 11 is 0. The minimum atomic E-state index is -3.35. The number of sulfonamides is 1. The molecule has 4 nitrogen and oxygen atoms in total. The number of carbonyl (C=O) groups is 1. The smallest absolute Gasteiger partial charge is 0.237 e. The molecular weight excluding hydrogens is 190 g/mol. The van der Waals surface area contributed by atoms with Gasteiger partial charge in [0, 0.05) is 13.0 Å². The Labute approximate surface area is 80.0 Å². The number of hydrogen-bond donors (Lipinski definition) is 0. The van der Waals surface area contributed by atoms with E-state index >= 15 is 0 Å². The minimum absolute atomic E-state index is 0.0176. The number of amides is 1. The summed E-state index contributed by atoms with van der Waals surface area (Å²) in [5, 5.41) is 0. The van der Waals surface area contributed by atoms with Crippen LogP contribution in [0.2, 0.25) is 0 Å². The molecule has 0 aliphatic heterocycles. The first-order valence-corrected chi connectivity index (χ1v) is 6.13. The Hall–Kier alpha value is -0.580. The molecule has 0 aliphatic rings. The zero-order valence-corrected chi connectivity index (χ0v) is 9.23. The molecule has 13 heavy (non-hydrogen) atoms. The van der Waals surface area contributed by atoms with Gasteiger partial charge in [-0.3, -0.25) is 4.79 Å². The number of rotatable bonds is 5. The zero-order chi connectivity index (χ0) is 10.5. The van der Waals surface area contributed by atoms with Crippen molar-refractivity contribution in [2.24, 2.45) is 0 Å². The average Bonchev–Trinajstić information content (AvgIpc) is 2.05. The molecule has 0 aliphatic carbocycles. The van der Waals surface area contributed by atoms with Gasteiger partial charge in [0.05, 0.1) is 5.75 Å². The lowest BCUT2D eigenvalue weighted by atomic mass is 10.3. The van der Waals surface area contributed by atoms with Crippen molar-refractivity contribution in [3.8, 4) is 0 Å². The monoisotopic (exact) mass is 207 g/mol. The van der Waals surface area contributed by atoms with Gasteiger partial charge in [-0.1, -0.05) is 6.92 Å². The van der Waals surface area contributed by atoms with Gasteiger partial charge in [-0.15, -0.1) is 0 Å². The molecule has 0 saturated heterocycles. The molecule has 0 bridgehead atoms. The molecule has 0 aromatic carbocycles. The molecule has 0 atom stereocenters. The Balaban J connectivity index is 4.61. The Bertz CT molecular complexity index is 259. The zero-order valence-electron chi connectivity index (χ0n) is 8.41. The molecule has 78 valence electrons. The molecule has 1 amide bonds. The summed E-state index contributed by atoms with van der Waals surface area (Å²) in [4.78, 5) is 11.3. The van der Waals surface area contributed by atoms with Gasteiger partial charge in [0.1, 0.15) is 0 Å². The molecule has 0 spiro atoms. The van der Waals surface area contributed by atoms with E-state index in [1.165, 1.54) is 6.92 Å². The first kappa shape index (κ1) is 12.4. The third-order valence-corrected chi connectivity index (χ3v) is 3.59. The Morgan fingerprint density at radius 2 is 1.77 bits per heavy atom. The van der Waals surface area contributed by atoms with Crippen LogP contribution in [0.3, 0.4) is 0 Å². The van der Waals surface area contributed by atoms with Crippen LogP contribution in [0, 0.1) is 0 Å². The van der Waals surface area contributed by atoms with Crippen molar-refractivity contribution in [2.75, 3.05) is 12.3 Å². The number of hydrogen-bond acceptors (Lipinski definition) is 3. The fraction of sp³-hybridized carbons (Fsp3) is 0.875. The molecule has 5 heteroatoms. The van der Waals surface area contributed by atoms with E-state index in [2.05, 4.69) is 0 Å². The molecule has 0 heterocycles. The van der Waals surface area contributed by atoms with Gasteiger partial charge in [0.2, 0.25) is 15.9 Å². The van der Waals surface area contributed by atoms with E-state index in [0.29, 0.717) is 12.8 Å². The highest BCUT2D eigenvalue weighted by Gasteiger charge is 2.22. The van der Waals surface area contributed by atoms with E-state index in [4.69, 9.17) is 0 Å². The lowest BCUT2D eigenvalue weighted by molar-refractivity contribution is -0.126. The Morgan fingerprint density at radius 3 is 2.08 bits per heavy atom. The van der Waals surface area contributed by atoms with E-state index < -0.39 is 10.0 Å². The molecule has 0 aromatic rings. The second-order valence-electron chi connectivity index (χ2n) is 2.71. The van der Waals surface area contributed by atoms with Gasteiger partial charge in [-0.05, 0) is 20.3 Å². The summed E-state index contributed by atoms with van der Waals surface area (Å²) in [5.74, 6) is -0.317. The Morgan fingerprint density at radius 1 is 1.23 bits per heavy atom. The second kappa shape index (κ2) is 5.21. The highest BCUT2D eigenvalue weighted by molar-refractivity contribution is 7.89.